The molecule has 0 saturated heterocycles. The van der Waals surface area contributed by atoms with Crippen molar-refractivity contribution in [3.8, 4) is 5.75 Å². The summed E-state index contributed by atoms with van der Waals surface area (Å²) in [5.74, 6) is 0.723. The second kappa shape index (κ2) is 6.59. The highest BCUT2D eigenvalue weighted by Crippen LogP contribution is 2.25. The molecule has 2 atom stereocenters. The number of hydrogen-bond donors (Lipinski definition) is 2. The van der Waals surface area contributed by atoms with Crippen molar-refractivity contribution in [1.29, 1.82) is 0 Å². The standard InChI is InChI=1S/C13H21NO3/c1-9-4-5-13(12(6-9)10(2)14)17-8-11(15)7-16-3/h4-6,10-11,15H,7-8,14H2,1-3H3/t10-,11?/m1/s1. The average molecular weight is 239 g/mol. The fourth-order valence-corrected chi connectivity index (χ4v) is 1.58. The molecule has 1 aromatic carbocycles. The maximum atomic E-state index is 9.51. The van der Waals surface area contributed by atoms with Gasteiger partial charge >= 0.3 is 0 Å². The fourth-order valence-electron chi connectivity index (χ4n) is 1.58. The zero-order valence-electron chi connectivity index (χ0n) is 10.6. The maximum Gasteiger partial charge on any atom is 0.124 e. The van der Waals surface area contributed by atoms with Crippen LogP contribution in [0.4, 0.5) is 0 Å². The molecule has 0 aliphatic rings. The predicted octanol–water partition coefficient (Wildman–Crippen LogP) is 1.40. The zero-order chi connectivity index (χ0) is 12.8. The summed E-state index contributed by atoms with van der Waals surface area (Å²) in [6.07, 6.45) is -0.623. The molecule has 0 aliphatic heterocycles. The van der Waals surface area contributed by atoms with Gasteiger partial charge in [0.15, 0.2) is 0 Å². The van der Waals surface area contributed by atoms with Crippen LogP contribution in [0.1, 0.15) is 24.1 Å². The van der Waals surface area contributed by atoms with E-state index in [1.807, 2.05) is 32.0 Å². The van der Waals surface area contributed by atoms with Crippen molar-refractivity contribution in [1.82, 2.24) is 0 Å². The minimum atomic E-state index is -0.623. The Morgan fingerprint density at radius 2 is 2.06 bits per heavy atom. The van der Waals surface area contributed by atoms with Crippen LogP contribution in [0.3, 0.4) is 0 Å². The number of ether oxygens (including phenoxy) is 2. The van der Waals surface area contributed by atoms with Crippen LogP contribution in [0.2, 0.25) is 0 Å². The second-order valence-electron chi connectivity index (χ2n) is 4.25. The first-order chi connectivity index (χ1) is 8.04. The van der Waals surface area contributed by atoms with Gasteiger partial charge in [-0.25, -0.2) is 0 Å². The molecule has 0 spiro atoms. The lowest BCUT2D eigenvalue weighted by atomic mass is 10.1. The largest absolute Gasteiger partial charge is 0.490 e. The van der Waals surface area contributed by atoms with Crippen molar-refractivity contribution in [2.24, 2.45) is 5.73 Å². The van der Waals surface area contributed by atoms with Gasteiger partial charge in [-0.05, 0) is 19.9 Å². The molecule has 0 radical (unpaired) electrons. The third kappa shape index (κ3) is 4.34. The summed E-state index contributed by atoms with van der Waals surface area (Å²) in [6, 6.07) is 5.75. The number of hydrogen-bond acceptors (Lipinski definition) is 4. The van der Waals surface area contributed by atoms with Gasteiger partial charge < -0.3 is 20.3 Å². The monoisotopic (exact) mass is 239 g/mol. The van der Waals surface area contributed by atoms with E-state index in [1.54, 1.807) is 7.11 Å². The van der Waals surface area contributed by atoms with Gasteiger partial charge in [0.25, 0.3) is 0 Å². The number of aryl methyl sites for hydroxylation is 1. The number of methoxy groups -OCH3 is 1. The smallest absolute Gasteiger partial charge is 0.124 e. The van der Waals surface area contributed by atoms with E-state index in [-0.39, 0.29) is 19.3 Å². The molecule has 96 valence electrons. The summed E-state index contributed by atoms with van der Waals surface area (Å²) < 4.78 is 10.4. The second-order valence-corrected chi connectivity index (χ2v) is 4.25. The Labute approximate surface area is 102 Å². The lowest BCUT2D eigenvalue weighted by Crippen LogP contribution is -2.23. The number of rotatable bonds is 6. The molecule has 0 aromatic heterocycles. The molecule has 0 heterocycles. The van der Waals surface area contributed by atoms with E-state index in [0.717, 1.165) is 16.9 Å². The molecule has 4 heteroatoms. The highest BCUT2D eigenvalue weighted by molar-refractivity contribution is 5.38. The third-order valence-electron chi connectivity index (χ3n) is 2.45. The molecule has 1 rings (SSSR count). The Morgan fingerprint density at radius 3 is 2.65 bits per heavy atom. The minimum absolute atomic E-state index is 0.0931. The van der Waals surface area contributed by atoms with Crippen LogP contribution in [-0.2, 0) is 4.74 Å². The summed E-state index contributed by atoms with van der Waals surface area (Å²) >= 11 is 0. The summed E-state index contributed by atoms with van der Waals surface area (Å²) in [6.45, 7) is 4.39. The number of benzene rings is 1. The molecular weight excluding hydrogens is 218 g/mol. The van der Waals surface area contributed by atoms with Crippen LogP contribution >= 0.6 is 0 Å². The molecule has 1 aromatic rings. The van der Waals surface area contributed by atoms with Crippen LogP contribution < -0.4 is 10.5 Å². The van der Waals surface area contributed by atoms with Crippen molar-refractivity contribution in [3.63, 3.8) is 0 Å². The quantitative estimate of drug-likeness (QED) is 0.787. The van der Waals surface area contributed by atoms with Gasteiger partial charge in [-0.15, -0.1) is 0 Å². The molecule has 0 bridgehead atoms. The molecule has 4 nitrogen and oxygen atoms in total. The van der Waals surface area contributed by atoms with Crippen LogP contribution in [0, 0.1) is 6.92 Å². The number of aliphatic hydroxyl groups excluding tert-OH is 1. The van der Waals surface area contributed by atoms with Crippen LogP contribution in [0.25, 0.3) is 0 Å². The average Bonchev–Trinajstić information content (AvgIpc) is 2.27. The minimum Gasteiger partial charge on any atom is -0.490 e. The van der Waals surface area contributed by atoms with Crippen molar-refractivity contribution in [2.75, 3.05) is 20.3 Å². The van der Waals surface area contributed by atoms with E-state index in [4.69, 9.17) is 15.2 Å². The third-order valence-corrected chi connectivity index (χ3v) is 2.45. The first-order valence-corrected chi connectivity index (χ1v) is 5.70. The van der Waals surface area contributed by atoms with Gasteiger partial charge in [-0.1, -0.05) is 17.7 Å². The number of nitrogens with two attached hydrogens (primary N) is 1. The summed E-state index contributed by atoms with van der Waals surface area (Å²) in [4.78, 5) is 0. The lowest BCUT2D eigenvalue weighted by Gasteiger charge is -2.16. The Kier molecular flexibility index (Phi) is 5.41. The summed E-state index contributed by atoms with van der Waals surface area (Å²) in [7, 11) is 1.54. The van der Waals surface area contributed by atoms with Gasteiger partial charge in [0.2, 0.25) is 0 Å². The van der Waals surface area contributed by atoms with Crippen molar-refractivity contribution in [2.45, 2.75) is 26.0 Å². The molecule has 0 fully saturated rings. The Bertz CT molecular complexity index is 353. The Morgan fingerprint density at radius 1 is 1.35 bits per heavy atom. The van der Waals surface area contributed by atoms with Gasteiger partial charge in [0.05, 0.1) is 6.61 Å². The summed E-state index contributed by atoms with van der Waals surface area (Å²) in [5, 5.41) is 9.51. The Balaban J connectivity index is 2.70. The maximum absolute atomic E-state index is 9.51. The highest BCUT2D eigenvalue weighted by atomic mass is 16.5. The van der Waals surface area contributed by atoms with Gasteiger partial charge in [-0.3, -0.25) is 0 Å². The summed E-state index contributed by atoms with van der Waals surface area (Å²) in [5.41, 5.74) is 7.98. The van der Waals surface area contributed by atoms with Crippen molar-refractivity contribution >= 4 is 0 Å². The normalized spacial score (nSPS) is 14.4. The Hall–Kier alpha value is -1.10. The van der Waals surface area contributed by atoms with E-state index < -0.39 is 6.10 Å². The molecule has 17 heavy (non-hydrogen) atoms. The predicted molar refractivity (Wildman–Crippen MR) is 67.2 cm³/mol. The highest BCUT2D eigenvalue weighted by Gasteiger charge is 2.10. The van der Waals surface area contributed by atoms with E-state index in [0.29, 0.717) is 0 Å². The lowest BCUT2D eigenvalue weighted by molar-refractivity contribution is 0.0322. The van der Waals surface area contributed by atoms with Crippen LogP contribution in [0.5, 0.6) is 5.75 Å². The van der Waals surface area contributed by atoms with Gasteiger partial charge in [0, 0.05) is 18.7 Å². The zero-order valence-corrected chi connectivity index (χ0v) is 10.6. The first kappa shape index (κ1) is 14.0. The molecule has 3 N–H and O–H groups in total. The van der Waals surface area contributed by atoms with E-state index in [2.05, 4.69) is 0 Å². The first-order valence-electron chi connectivity index (χ1n) is 5.70. The molecule has 0 aliphatic carbocycles. The fraction of sp³-hybridized carbons (Fsp3) is 0.538. The molecule has 1 unspecified atom stereocenters. The van der Waals surface area contributed by atoms with Crippen LogP contribution in [0.15, 0.2) is 18.2 Å². The molecule has 0 saturated carbocycles. The number of aliphatic hydroxyl groups is 1. The van der Waals surface area contributed by atoms with Crippen molar-refractivity contribution < 1.29 is 14.6 Å². The topological polar surface area (TPSA) is 64.7 Å². The van der Waals surface area contributed by atoms with Crippen molar-refractivity contribution in [3.05, 3.63) is 29.3 Å². The molecular formula is C13H21NO3. The van der Waals surface area contributed by atoms with Gasteiger partial charge in [0.1, 0.15) is 18.5 Å². The SMILES string of the molecule is COCC(O)COc1ccc(C)cc1[C@@H](C)N. The van der Waals surface area contributed by atoms with Gasteiger partial charge in [-0.2, -0.15) is 0 Å². The van der Waals surface area contributed by atoms with E-state index in [1.165, 1.54) is 0 Å². The van der Waals surface area contributed by atoms with E-state index in [9.17, 15) is 5.11 Å². The van der Waals surface area contributed by atoms with E-state index >= 15 is 0 Å². The molecule has 0 amide bonds. The van der Waals surface area contributed by atoms with Crippen LogP contribution in [-0.4, -0.2) is 31.5 Å².